The number of primary amides is 1. The molecule has 0 bridgehead atoms. The number of amides is 2. The highest BCUT2D eigenvalue weighted by Crippen LogP contribution is 2.54. The van der Waals surface area contributed by atoms with E-state index in [-0.39, 0.29) is 17.1 Å². The van der Waals surface area contributed by atoms with Gasteiger partial charge < -0.3 is 20.5 Å². The molecule has 2 amide bonds. The van der Waals surface area contributed by atoms with Crippen LogP contribution in [-0.2, 0) is 9.53 Å². The highest BCUT2D eigenvalue weighted by Gasteiger charge is 2.65. The van der Waals surface area contributed by atoms with Crippen LogP contribution in [0.3, 0.4) is 0 Å². The van der Waals surface area contributed by atoms with E-state index in [0.717, 1.165) is 26.2 Å². The number of carbonyl (C=O) groups excluding carboxylic acids is 2. The molecular weight excluding hydrogens is 453 g/mol. The van der Waals surface area contributed by atoms with Gasteiger partial charge in [-0.25, -0.2) is 9.37 Å². The standard InChI is InChI=1S/C21H20F5N3O4/c1-9-14(10-7-8-11(22)15(23)16(10)32-3)17(33-20(9,2)21(24,25)26)19(31)29-13-6-4-5-12(28-13)18(27)30/h4-9,14,17H,1-3H3,(H2,27,30)(H,28,29,31)/t9-,14-,17+,20-/m1/s1. The highest BCUT2D eigenvalue weighted by atomic mass is 19.4. The molecule has 12 heteroatoms. The van der Waals surface area contributed by atoms with Gasteiger partial charge in [-0.05, 0) is 25.1 Å². The Bertz CT molecular complexity index is 1090. The van der Waals surface area contributed by atoms with Crippen LogP contribution in [-0.4, -0.2) is 41.8 Å². The number of nitrogens with zero attached hydrogens (tertiary/aromatic N) is 1. The molecule has 1 fully saturated rings. The van der Waals surface area contributed by atoms with Gasteiger partial charge in [-0.3, -0.25) is 9.59 Å². The van der Waals surface area contributed by atoms with Crippen molar-refractivity contribution in [1.29, 1.82) is 0 Å². The predicted octanol–water partition coefficient (Wildman–Crippen LogP) is 3.55. The quantitative estimate of drug-likeness (QED) is 0.647. The SMILES string of the molecule is COc1c([C@@H]2[C@@H](C(=O)Nc3cccc(C(N)=O)n3)O[C@@](C)(C(F)(F)F)[C@@H]2C)ccc(F)c1F. The van der Waals surface area contributed by atoms with Crippen molar-refractivity contribution in [2.24, 2.45) is 11.7 Å². The third-order valence-electron chi connectivity index (χ3n) is 5.82. The third-order valence-corrected chi connectivity index (χ3v) is 5.82. The molecule has 2 heterocycles. The number of rotatable bonds is 5. The molecule has 178 valence electrons. The van der Waals surface area contributed by atoms with Gasteiger partial charge in [0.15, 0.2) is 17.2 Å². The first-order chi connectivity index (χ1) is 15.3. The summed E-state index contributed by atoms with van der Waals surface area (Å²) in [6, 6.07) is 5.71. The van der Waals surface area contributed by atoms with Gasteiger partial charge in [0, 0.05) is 17.4 Å². The summed E-state index contributed by atoms with van der Waals surface area (Å²) in [5.41, 5.74) is 2.00. The van der Waals surface area contributed by atoms with Crippen LogP contribution < -0.4 is 15.8 Å². The van der Waals surface area contributed by atoms with Crippen molar-refractivity contribution in [2.45, 2.75) is 37.6 Å². The second kappa shape index (κ2) is 8.58. The Morgan fingerprint density at radius 2 is 1.88 bits per heavy atom. The molecule has 1 aliphatic rings. The highest BCUT2D eigenvalue weighted by molar-refractivity contribution is 5.96. The molecule has 2 aromatic rings. The zero-order valence-corrected chi connectivity index (χ0v) is 17.7. The summed E-state index contributed by atoms with van der Waals surface area (Å²) in [6.45, 7) is 1.97. The number of methoxy groups -OCH3 is 1. The number of hydrogen-bond acceptors (Lipinski definition) is 5. The molecule has 1 saturated heterocycles. The fourth-order valence-corrected chi connectivity index (χ4v) is 3.88. The summed E-state index contributed by atoms with van der Waals surface area (Å²) in [5, 5.41) is 2.29. The number of halogens is 5. The molecule has 0 unspecified atom stereocenters. The van der Waals surface area contributed by atoms with Gasteiger partial charge >= 0.3 is 6.18 Å². The third kappa shape index (κ3) is 4.22. The first-order valence-corrected chi connectivity index (χ1v) is 9.66. The van der Waals surface area contributed by atoms with Crippen molar-refractivity contribution in [3.8, 4) is 5.75 Å². The smallest absolute Gasteiger partial charge is 0.417 e. The zero-order valence-electron chi connectivity index (χ0n) is 17.7. The minimum atomic E-state index is -4.89. The largest absolute Gasteiger partial charge is 0.493 e. The summed E-state index contributed by atoms with van der Waals surface area (Å²) >= 11 is 0. The Labute approximate surface area is 185 Å². The summed E-state index contributed by atoms with van der Waals surface area (Å²) in [6.07, 6.45) is -6.68. The Morgan fingerprint density at radius 3 is 2.45 bits per heavy atom. The van der Waals surface area contributed by atoms with E-state index in [1.54, 1.807) is 0 Å². The molecule has 3 N–H and O–H groups in total. The number of alkyl halides is 3. The average Bonchev–Trinajstić information content (AvgIpc) is 3.02. The number of ether oxygens (including phenoxy) is 2. The van der Waals surface area contributed by atoms with Gasteiger partial charge in [0.05, 0.1) is 7.11 Å². The monoisotopic (exact) mass is 473 g/mol. The van der Waals surface area contributed by atoms with Crippen molar-refractivity contribution in [1.82, 2.24) is 4.98 Å². The van der Waals surface area contributed by atoms with Crippen LogP contribution in [0.4, 0.5) is 27.8 Å². The molecular formula is C21H20F5N3O4. The van der Waals surface area contributed by atoms with Crippen molar-refractivity contribution >= 4 is 17.6 Å². The number of pyridine rings is 1. The fraction of sp³-hybridized carbons (Fsp3) is 0.381. The number of anilines is 1. The second-order valence-electron chi connectivity index (χ2n) is 7.70. The number of aromatic nitrogens is 1. The van der Waals surface area contributed by atoms with Gasteiger partial charge in [0.2, 0.25) is 5.82 Å². The number of nitrogens with one attached hydrogen (secondary N) is 1. The number of nitrogens with two attached hydrogens (primary N) is 1. The molecule has 1 aliphatic heterocycles. The Balaban J connectivity index is 2.07. The summed E-state index contributed by atoms with van der Waals surface area (Å²) in [7, 11) is 1.03. The zero-order chi connectivity index (χ0) is 24.7. The average molecular weight is 473 g/mol. The lowest BCUT2D eigenvalue weighted by Crippen LogP contribution is -2.47. The number of carbonyl (C=O) groups is 2. The maximum atomic E-state index is 14.3. The van der Waals surface area contributed by atoms with Crippen LogP contribution >= 0.6 is 0 Å². The minimum absolute atomic E-state index is 0.163. The van der Waals surface area contributed by atoms with Crippen LogP contribution in [0.15, 0.2) is 30.3 Å². The molecule has 0 aliphatic carbocycles. The Morgan fingerprint density at radius 1 is 1.21 bits per heavy atom. The molecule has 0 spiro atoms. The number of hydrogen-bond donors (Lipinski definition) is 2. The Kier molecular flexibility index (Phi) is 6.33. The molecule has 0 radical (unpaired) electrons. The van der Waals surface area contributed by atoms with Crippen molar-refractivity contribution < 1.29 is 41.0 Å². The molecule has 33 heavy (non-hydrogen) atoms. The molecule has 1 aromatic heterocycles. The molecule has 3 rings (SSSR count). The van der Waals surface area contributed by atoms with Crippen LogP contribution in [0.1, 0.15) is 35.8 Å². The van der Waals surface area contributed by atoms with E-state index in [1.165, 1.54) is 25.1 Å². The van der Waals surface area contributed by atoms with Crippen LogP contribution in [0.2, 0.25) is 0 Å². The predicted molar refractivity (Wildman–Crippen MR) is 106 cm³/mol. The van der Waals surface area contributed by atoms with E-state index in [4.69, 9.17) is 15.2 Å². The maximum absolute atomic E-state index is 14.3. The first-order valence-electron chi connectivity index (χ1n) is 9.66. The van der Waals surface area contributed by atoms with Gasteiger partial charge in [-0.15, -0.1) is 0 Å². The van der Waals surface area contributed by atoms with Gasteiger partial charge in [-0.2, -0.15) is 17.6 Å². The van der Waals surface area contributed by atoms with E-state index >= 15 is 0 Å². The first kappa shape index (κ1) is 24.4. The van der Waals surface area contributed by atoms with Crippen LogP contribution in [0.25, 0.3) is 0 Å². The lowest BCUT2D eigenvalue weighted by molar-refractivity contribution is -0.272. The molecule has 7 nitrogen and oxygen atoms in total. The molecule has 1 aromatic carbocycles. The topological polar surface area (TPSA) is 104 Å². The minimum Gasteiger partial charge on any atom is -0.493 e. The van der Waals surface area contributed by atoms with E-state index < -0.39 is 58.9 Å². The van der Waals surface area contributed by atoms with Crippen LogP contribution in [0.5, 0.6) is 5.75 Å². The molecule has 4 atom stereocenters. The van der Waals surface area contributed by atoms with Crippen LogP contribution in [0, 0.1) is 17.6 Å². The lowest BCUT2D eigenvalue weighted by atomic mass is 9.77. The maximum Gasteiger partial charge on any atom is 0.417 e. The van der Waals surface area contributed by atoms with E-state index in [9.17, 15) is 31.5 Å². The summed E-state index contributed by atoms with van der Waals surface area (Å²) in [4.78, 5) is 28.2. The van der Waals surface area contributed by atoms with E-state index in [1.807, 2.05) is 0 Å². The number of benzene rings is 1. The van der Waals surface area contributed by atoms with E-state index in [0.29, 0.717) is 0 Å². The van der Waals surface area contributed by atoms with Gasteiger partial charge in [-0.1, -0.05) is 19.1 Å². The van der Waals surface area contributed by atoms with Crippen molar-refractivity contribution in [2.75, 3.05) is 12.4 Å². The second-order valence-corrected chi connectivity index (χ2v) is 7.70. The molecule has 0 saturated carbocycles. The summed E-state index contributed by atoms with van der Waals surface area (Å²) in [5.74, 6) is -8.17. The van der Waals surface area contributed by atoms with Gasteiger partial charge in [0.1, 0.15) is 17.6 Å². The Hall–Kier alpha value is -3.28. The normalized spacial score (nSPS) is 25.0. The fourth-order valence-electron chi connectivity index (χ4n) is 3.88. The van der Waals surface area contributed by atoms with Crippen molar-refractivity contribution in [3.63, 3.8) is 0 Å². The van der Waals surface area contributed by atoms with Gasteiger partial charge in [0.25, 0.3) is 11.8 Å². The lowest BCUT2D eigenvalue weighted by Gasteiger charge is -2.32. The van der Waals surface area contributed by atoms with E-state index in [2.05, 4.69) is 10.3 Å². The summed E-state index contributed by atoms with van der Waals surface area (Å²) < 4.78 is 80.0. The van der Waals surface area contributed by atoms with Crippen molar-refractivity contribution in [3.05, 3.63) is 53.2 Å².